The number of allylic oxidation sites excluding steroid dienone is 1. The smallest absolute Gasteiger partial charge is 0.00315 e. The van der Waals surface area contributed by atoms with Crippen molar-refractivity contribution < 1.29 is 0 Å². The fraction of sp³-hybridized carbons (Fsp3) is 0.778. The summed E-state index contributed by atoms with van der Waals surface area (Å²) in [6, 6.07) is 0. The summed E-state index contributed by atoms with van der Waals surface area (Å²) in [5.74, 6) is 0.727. The predicted octanol–water partition coefficient (Wildman–Crippen LogP) is 4.14. The lowest BCUT2D eigenvalue weighted by Crippen LogP contribution is -1.96. The van der Waals surface area contributed by atoms with Gasteiger partial charge in [-0.3, -0.25) is 0 Å². The lowest BCUT2D eigenvalue weighted by molar-refractivity contribution is 0.536. The Morgan fingerprint density at radius 1 is 1.09 bits per heavy atom. The molecule has 0 N–H and O–H groups in total. The Hall–Kier alpha value is 0.700. The molecule has 0 amide bonds. The first-order valence-electron chi connectivity index (χ1n) is 4.09. The van der Waals surface area contributed by atoms with Gasteiger partial charge in [-0.2, -0.15) is 0 Å². The monoisotopic (exact) mass is 282 g/mol. The van der Waals surface area contributed by atoms with Gasteiger partial charge in [-0.1, -0.05) is 37.9 Å². The molecule has 0 saturated carbocycles. The van der Waals surface area contributed by atoms with Crippen molar-refractivity contribution >= 4 is 31.9 Å². The molecule has 0 spiro atoms. The maximum atomic E-state index is 3.84. The number of hydrogen-bond donors (Lipinski definition) is 0. The van der Waals surface area contributed by atoms with E-state index in [1.807, 2.05) is 0 Å². The minimum absolute atomic E-state index is 0.727. The summed E-state index contributed by atoms with van der Waals surface area (Å²) in [6.45, 7) is 3.84. The van der Waals surface area contributed by atoms with E-state index in [2.05, 4.69) is 44.5 Å². The first-order chi connectivity index (χ1) is 5.35. The van der Waals surface area contributed by atoms with Crippen LogP contribution in [-0.4, -0.2) is 10.7 Å². The lowest BCUT2D eigenvalue weighted by atomic mass is 9.99. The third-order valence-corrected chi connectivity index (χ3v) is 2.87. The molecule has 0 aliphatic rings. The van der Waals surface area contributed by atoms with Crippen LogP contribution in [0.3, 0.4) is 0 Å². The molecule has 0 saturated heterocycles. The second-order valence-corrected chi connectivity index (χ2v) is 4.24. The Morgan fingerprint density at radius 2 is 1.55 bits per heavy atom. The van der Waals surface area contributed by atoms with E-state index in [1.165, 1.54) is 25.7 Å². The molecular formula is C9H16Br2. The summed E-state index contributed by atoms with van der Waals surface area (Å²) in [5.41, 5.74) is 0. The second-order valence-electron chi connectivity index (χ2n) is 2.66. The van der Waals surface area contributed by atoms with Gasteiger partial charge in [0, 0.05) is 10.7 Å². The van der Waals surface area contributed by atoms with Crippen LogP contribution in [0.5, 0.6) is 0 Å². The van der Waals surface area contributed by atoms with E-state index in [4.69, 9.17) is 0 Å². The van der Waals surface area contributed by atoms with Gasteiger partial charge in [-0.15, -0.1) is 6.58 Å². The third kappa shape index (κ3) is 7.07. The van der Waals surface area contributed by atoms with Crippen LogP contribution in [0.25, 0.3) is 0 Å². The van der Waals surface area contributed by atoms with Gasteiger partial charge in [0.25, 0.3) is 0 Å². The van der Waals surface area contributed by atoms with Crippen molar-refractivity contribution in [2.24, 2.45) is 5.92 Å². The molecule has 0 aromatic rings. The van der Waals surface area contributed by atoms with E-state index < -0.39 is 0 Å². The standard InChI is InChI=1S/C9H16Br2/c1-2-9(5-3-7-10)6-4-8-11/h2,9H,1,3-8H2. The SMILES string of the molecule is C=CC(CCCBr)CCCBr. The minimum atomic E-state index is 0.727. The number of alkyl halides is 2. The van der Waals surface area contributed by atoms with Gasteiger partial charge in [-0.05, 0) is 31.6 Å². The first-order valence-corrected chi connectivity index (χ1v) is 6.34. The van der Waals surface area contributed by atoms with Gasteiger partial charge in [0.05, 0.1) is 0 Å². The quantitative estimate of drug-likeness (QED) is 0.487. The lowest BCUT2D eigenvalue weighted by Gasteiger charge is -2.09. The zero-order valence-electron chi connectivity index (χ0n) is 6.86. The van der Waals surface area contributed by atoms with Crippen molar-refractivity contribution in [1.29, 1.82) is 0 Å². The van der Waals surface area contributed by atoms with Gasteiger partial charge < -0.3 is 0 Å². The van der Waals surface area contributed by atoms with Crippen LogP contribution in [0.1, 0.15) is 25.7 Å². The Bertz CT molecular complexity index is 83.6. The zero-order chi connectivity index (χ0) is 8.53. The molecule has 0 rings (SSSR count). The van der Waals surface area contributed by atoms with E-state index in [0.717, 1.165) is 16.6 Å². The highest BCUT2D eigenvalue weighted by Gasteiger charge is 2.01. The van der Waals surface area contributed by atoms with Gasteiger partial charge in [0.15, 0.2) is 0 Å². The van der Waals surface area contributed by atoms with Crippen LogP contribution in [0, 0.1) is 5.92 Å². The highest BCUT2D eigenvalue weighted by molar-refractivity contribution is 9.09. The summed E-state index contributed by atoms with van der Waals surface area (Å²) in [5, 5.41) is 2.23. The Balaban J connectivity index is 3.33. The van der Waals surface area contributed by atoms with Crippen LogP contribution in [0.4, 0.5) is 0 Å². The zero-order valence-corrected chi connectivity index (χ0v) is 10.0. The maximum absolute atomic E-state index is 3.84. The highest BCUT2D eigenvalue weighted by Crippen LogP contribution is 2.15. The van der Waals surface area contributed by atoms with Gasteiger partial charge in [0.1, 0.15) is 0 Å². The van der Waals surface area contributed by atoms with Crippen molar-refractivity contribution in [2.45, 2.75) is 25.7 Å². The topological polar surface area (TPSA) is 0 Å². The van der Waals surface area contributed by atoms with Crippen LogP contribution >= 0.6 is 31.9 Å². The molecule has 2 heteroatoms. The fourth-order valence-electron chi connectivity index (χ4n) is 1.06. The molecule has 0 bridgehead atoms. The normalized spacial score (nSPS) is 10.5. The Morgan fingerprint density at radius 3 is 1.82 bits per heavy atom. The van der Waals surface area contributed by atoms with Crippen molar-refractivity contribution in [3.05, 3.63) is 12.7 Å². The van der Waals surface area contributed by atoms with Gasteiger partial charge in [-0.25, -0.2) is 0 Å². The molecule has 0 aliphatic carbocycles. The molecule has 0 fully saturated rings. The van der Waals surface area contributed by atoms with Crippen molar-refractivity contribution in [3.63, 3.8) is 0 Å². The minimum Gasteiger partial charge on any atom is -0.103 e. The van der Waals surface area contributed by atoms with Gasteiger partial charge >= 0.3 is 0 Å². The number of hydrogen-bond acceptors (Lipinski definition) is 0. The van der Waals surface area contributed by atoms with Crippen molar-refractivity contribution in [2.75, 3.05) is 10.7 Å². The molecule has 0 atom stereocenters. The Kier molecular flexibility index (Phi) is 9.35. The summed E-state index contributed by atoms with van der Waals surface area (Å²) >= 11 is 6.86. The molecule has 11 heavy (non-hydrogen) atoms. The third-order valence-electron chi connectivity index (χ3n) is 1.75. The molecule has 0 nitrogen and oxygen atoms in total. The van der Waals surface area contributed by atoms with Crippen LogP contribution < -0.4 is 0 Å². The van der Waals surface area contributed by atoms with Gasteiger partial charge in [0.2, 0.25) is 0 Å². The molecular weight excluding hydrogens is 268 g/mol. The van der Waals surface area contributed by atoms with Crippen LogP contribution in [0.2, 0.25) is 0 Å². The summed E-state index contributed by atoms with van der Waals surface area (Å²) < 4.78 is 0. The van der Waals surface area contributed by atoms with Crippen LogP contribution in [0.15, 0.2) is 12.7 Å². The van der Waals surface area contributed by atoms with Crippen LogP contribution in [-0.2, 0) is 0 Å². The molecule has 0 heterocycles. The molecule has 0 aromatic carbocycles. The summed E-state index contributed by atoms with van der Waals surface area (Å²) in [7, 11) is 0. The average Bonchev–Trinajstić information content (AvgIpc) is 2.05. The molecule has 0 aliphatic heterocycles. The predicted molar refractivity (Wildman–Crippen MR) is 59.7 cm³/mol. The largest absolute Gasteiger partial charge is 0.103 e. The molecule has 0 unspecified atom stereocenters. The molecule has 0 aromatic heterocycles. The maximum Gasteiger partial charge on any atom is 0.00315 e. The van der Waals surface area contributed by atoms with E-state index in [-0.39, 0.29) is 0 Å². The van der Waals surface area contributed by atoms with Crippen molar-refractivity contribution in [3.8, 4) is 0 Å². The number of halogens is 2. The molecule has 0 radical (unpaired) electrons. The summed E-state index contributed by atoms with van der Waals surface area (Å²) in [4.78, 5) is 0. The van der Waals surface area contributed by atoms with Crippen molar-refractivity contribution in [1.82, 2.24) is 0 Å². The first kappa shape index (κ1) is 11.7. The molecule has 66 valence electrons. The second kappa shape index (κ2) is 8.79. The van der Waals surface area contributed by atoms with E-state index in [0.29, 0.717) is 0 Å². The number of rotatable bonds is 7. The highest BCUT2D eigenvalue weighted by atomic mass is 79.9. The van der Waals surface area contributed by atoms with E-state index in [1.54, 1.807) is 0 Å². The Labute approximate surface area is 86.7 Å². The average molecular weight is 284 g/mol. The van der Waals surface area contributed by atoms with E-state index in [9.17, 15) is 0 Å². The van der Waals surface area contributed by atoms with E-state index >= 15 is 0 Å². The summed E-state index contributed by atoms with van der Waals surface area (Å²) in [6.07, 6.45) is 7.17. The fourth-order valence-corrected chi connectivity index (χ4v) is 1.71.